The quantitative estimate of drug-likeness (QED) is 0.230. The highest BCUT2D eigenvalue weighted by Crippen LogP contribution is 2.54. The number of nitrogens with two attached hydrogens (primary N) is 1. The number of aromatic nitrogens is 3. The van der Waals surface area contributed by atoms with Crippen LogP contribution in [0, 0.1) is 6.92 Å². The lowest BCUT2D eigenvalue weighted by atomic mass is 9.95. The minimum absolute atomic E-state index is 0.108. The third-order valence-electron chi connectivity index (χ3n) is 7.39. The number of nitrogens with one attached hydrogen (secondary N) is 1. The van der Waals surface area contributed by atoms with Crippen LogP contribution in [-0.4, -0.2) is 52.4 Å². The van der Waals surface area contributed by atoms with Crippen molar-refractivity contribution >= 4 is 34.3 Å². The predicted molar refractivity (Wildman–Crippen MR) is 160 cm³/mol. The fraction of sp³-hybridized carbons (Fsp3) is 0.258. The molecule has 3 aromatic heterocycles. The first-order valence-electron chi connectivity index (χ1n) is 13.3. The monoisotopic (exact) mass is 552 g/mol. The molecule has 1 saturated carbocycles. The molecule has 0 radical (unpaired) electrons. The number of thiazole rings is 1. The number of carbonyl (C=O) groups is 1. The number of aryl methyl sites for hydroxylation is 1. The van der Waals surface area contributed by atoms with E-state index in [2.05, 4.69) is 32.1 Å². The standard InChI is InChI=1S/C31H32N6O2S/c1-20-28(37-15-12-23(18-27(37)33-20)39-17-16-36(2)3)26-19-40-30(35-26)31(13-14-31)22-10-8-21(9-11-22)29(38)34-25-7-5-4-6-24(25)32/h4-12,15,18-19H,13-14,16-17,32H2,1-3H3,(H,34,38). The van der Waals surface area contributed by atoms with E-state index in [0.717, 1.165) is 52.9 Å². The van der Waals surface area contributed by atoms with E-state index in [1.54, 1.807) is 23.5 Å². The fourth-order valence-corrected chi connectivity index (χ4v) is 6.07. The number of nitrogen functional groups attached to an aromatic ring is 1. The Balaban J connectivity index is 1.21. The third-order valence-corrected chi connectivity index (χ3v) is 8.44. The van der Waals surface area contributed by atoms with Gasteiger partial charge in [0, 0.05) is 35.2 Å². The molecule has 0 atom stereocenters. The van der Waals surface area contributed by atoms with Gasteiger partial charge in [-0.15, -0.1) is 11.3 Å². The average molecular weight is 553 g/mol. The van der Waals surface area contributed by atoms with Crippen molar-refractivity contribution in [2.24, 2.45) is 0 Å². The van der Waals surface area contributed by atoms with E-state index in [4.69, 9.17) is 20.4 Å². The van der Waals surface area contributed by atoms with E-state index in [-0.39, 0.29) is 11.3 Å². The highest BCUT2D eigenvalue weighted by molar-refractivity contribution is 7.10. The second-order valence-electron chi connectivity index (χ2n) is 10.5. The van der Waals surface area contributed by atoms with Gasteiger partial charge in [-0.3, -0.25) is 9.20 Å². The average Bonchev–Trinajstić information content (AvgIpc) is 3.48. The SMILES string of the molecule is Cc1nc2cc(OCCN(C)C)ccn2c1-c1csc(C2(c3ccc(C(=O)Nc4ccccc4N)cc3)CC2)n1. The summed E-state index contributed by atoms with van der Waals surface area (Å²) in [5.41, 5.74) is 12.5. The lowest BCUT2D eigenvalue weighted by molar-refractivity contribution is 0.102. The van der Waals surface area contributed by atoms with Crippen molar-refractivity contribution in [2.45, 2.75) is 25.2 Å². The highest BCUT2D eigenvalue weighted by Gasteiger charge is 2.48. The normalized spacial score (nSPS) is 14.0. The van der Waals surface area contributed by atoms with Gasteiger partial charge in [0.2, 0.25) is 0 Å². The summed E-state index contributed by atoms with van der Waals surface area (Å²) in [7, 11) is 4.06. The zero-order valence-electron chi connectivity index (χ0n) is 22.8. The topological polar surface area (TPSA) is 97.8 Å². The van der Waals surface area contributed by atoms with Crippen molar-refractivity contribution < 1.29 is 9.53 Å². The largest absolute Gasteiger partial charge is 0.492 e. The Kier molecular flexibility index (Phi) is 6.77. The van der Waals surface area contributed by atoms with Crippen molar-refractivity contribution in [3.8, 4) is 17.1 Å². The molecule has 1 amide bonds. The molecule has 40 heavy (non-hydrogen) atoms. The Hall–Kier alpha value is -4.21. The van der Waals surface area contributed by atoms with Crippen LogP contribution in [0.1, 0.15) is 39.5 Å². The number of para-hydroxylation sites is 2. The lowest BCUT2D eigenvalue weighted by Gasteiger charge is -2.14. The summed E-state index contributed by atoms with van der Waals surface area (Å²) in [5, 5.41) is 6.11. The molecule has 9 heteroatoms. The molecule has 8 nitrogen and oxygen atoms in total. The summed E-state index contributed by atoms with van der Waals surface area (Å²) in [6.45, 7) is 3.50. The number of carbonyl (C=O) groups excluding carboxylic acids is 1. The number of amides is 1. The van der Waals surface area contributed by atoms with Crippen LogP contribution >= 0.6 is 11.3 Å². The minimum atomic E-state index is -0.180. The molecule has 0 bridgehead atoms. The highest BCUT2D eigenvalue weighted by atomic mass is 32.1. The number of ether oxygens (including phenoxy) is 1. The lowest BCUT2D eigenvalue weighted by Crippen LogP contribution is -2.19. The number of hydrogen-bond donors (Lipinski definition) is 2. The Morgan fingerprint density at radius 3 is 2.62 bits per heavy atom. The first-order chi connectivity index (χ1) is 19.3. The molecule has 0 unspecified atom stereocenters. The maximum atomic E-state index is 12.8. The van der Waals surface area contributed by atoms with Crippen molar-refractivity contribution in [3.05, 3.63) is 94.1 Å². The van der Waals surface area contributed by atoms with Crippen molar-refractivity contribution in [1.29, 1.82) is 0 Å². The van der Waals surface area contributed by atoms with Crippen LogP contribution in [-0.2, 0) is 5.41 Å². The van der Waals surface area contributed by atoms with Crippen LogP contribution in [0.2, 0.25) is 0 Å². The molecular formula is C31H32N6O2S. The molecule has 0 saturated heterocycles. The van der Waals surface area contributed by atoms with Gasteiger partial charge in [0.05, 0.1) is 22.8 Å². The van der Waals surface area contributed by atoms with Crippen LogP contribution in [0.15, 0.2) is 72.2 Å². The molecule has 2 aromatic carbocycles. The number of imidazole rings is 1. The molecule has 1 aliphatic rings. The van der Waals surface area contributed by atoms with Crippen LogP contribution in [0.25, 0.3) is 17.0 Å². The van der Waals surface area contributed by atoms with Gasteiger partial charge < -0.3 is 20.7 Å². The summed E-state index contributed by atoms with van der Waals surface area (Å²) in [6, 6.07) is 19.1. The minimum Gasteiger partial charge on any atom is -0.492 e. The van der Waals surface area contributed by atoms with E-state index in [1.807, 2.05) is 63.6 Å². The molecule has 0 aliphatic heterocycles. The Morgan fingerprint density at radius 1 is 1.12 bits per heavy atom. The van der Waals surface area contributed by atoms with E-state index in [1.165, 1.54) is 5.56 Å². The van der Waals surface area contributed by atoms with Crippen molar-refractivity contribution in [2.75, 3.05) is 38.3 Å². The van der Waals surface area contributed by atoms with Crippen LogP contribution in [0.3, 0.4) is 0 Å². The first kappa shape index (κ1) is 26.0. The molecule has 3 heterocycles. The van der Waals surface area contributed by atoms with Crippen LogP contribution in [0.5, 0.6) is 5.75 Å². The number of rotatable bonds is 9. The molecule has 6 rings (SSSR count). The Morgan fingerprint density at radius 2 is 1.90 bits per heavy atom. The number of pyridine rings is 1. The van der Waals surface area contributed by atoms with Gasteiger partial charge in [-0.1, -0.05) is 24.3 Å². The second-order valence-corrected chi connectivity index (χ2v) is 11.4. The van der Waals surface area contributed by atoms with E-state index >= 15 is 0 Å². The molecule has 5 aromatic rings. The summed E-state index contributed by atoms with van der Waals surface area (Å²) in [4.78, 5) is 24.8. The van der Waals surface area contributed by atoms with Crippen LogP contribution < -0.4 is 15.8 Å². The zero-order valence-corrected chi connectivity index (χ0v) is 23.7. The van der Waals surface area contributed by atoms with E-state index in [9.17, 15) is 4.79 Å². The third kappa shape index (κ3) is 4.94. The number of anilines is 2. The van der Waals surface area contributed by atoms with Gasteiger partial charge in [-0.25, -0.2) is 9.97 Å². The molecular weight excluding hydrogens is 520 g/mol. The zero-order chi connectivity index (χ0) is 27.9. The maximum Gasteiger partial charge on any atom is 0.255 e. The summed E-state index contributed by atoms with van der Waals surface area (Å²) < 4.78 is 7.99. The predicted octanol–water partition coefficient (Wildman–Crippen LogP) is 5.62. The van der Waals surface area contributed by atoms with Gasteiger partial charge in [-0.2, -0.15) is 0 Å². The summed E-state index contributed by atoms with van der Waals surface area (Å²) in [6.07, 6.45) is 4.08. The summed E-state index contributed by atoms with van der Waals surface area (Å²) in [5.74, 6) is 0.631. The number of nitrogens with zero attached hydrogens (tertiary/aromatic N) is 4. The molecule has 1 fully saturated rings. The van der Waals surface area contributed by atoms with Gasteiger partial charge in [0.15, 0.2) is 0 Å². The Bertz CT molecular complexity index is 1680. The number of likely N-dealkylation sites (N-methyl/N-ethyl adjacent to an activating group) is 1. The van der Waals surface area contributed by atoms with Gasteiger partial charge >= 0.3 is 0 Å². The first-order valence-corrected chi connectivity index (χ1v) is 14.2. The Labute approximate surface area is 237 Å². The van der Waals surface area contributed by atoms with Crippen molar-refractivity contribution in [3.63, 3.8) is 0 Å². The van der Waals surface area contributed by atoms with Crippen LogP contribution in [0.4, 0.5) is 11.4 Å². The molecule has 0 spiro atoms. The van der Waals surface area contributed by atoms with E-state index < -0.39 is 0 Å². The fourth-order valence-electron chi connectivity index (χ4n) is 4.99. The number of fused-ring (bicyclic) bond motifs is 1. The summed E-state index contributed by atoms with van der Waals surface area (Å²) >= 11 is 1.69. The van der Waals surface area contributed by atoms with E-state index in [0.29, 0.717) is 23.5 Å². The van der Waals surface area contributed by atoms with Gasteiger partial charge in [-0.05, 0) is 69.8 Å². The second kappa shape index (κ2) is 10.4. The smallest absolute Gasteiger partial charge is 0.255 e. The van der Waals surface area contributed by atoms with Gasteiger partial charge in [0.25, 0.3) is 5.91 Å². The maximum absolute atomic E-state index is 12.8. The number of hydrogen-bond acceptors (Lipinski definition) is 7. The van der Waals surface area contributed by atoms with Crippen molar-refractivity contribution in [1.82, 2.24) is 19.3 Å². The molecule has 3 N–H and O–H groups in total. The molecule has 204 valence electrons. The van der Waals surface area contributed by atoms with Gasteiger partial charge in [0.1, 0.15) is 28.7 Å². The molecule has 1 aliphatic carbocycles. The number of benzene rings is 2.